The van der Waals surface area contributed by atoms with Gasteiger partial charge in [-0.2, -0.15) is 0 Å². The first-order valence-corrected chi connectivity index (χ1v) is 7.87. The fraction of sp³-hybridized carbons (Fsp3) is 0.647. The van der Waals surface area contributed by atoms with Crippen LogP contribution in [0, 0.1) is 5.92 Å². The van der Waals surface area contributed by atoms with Gasteiger partial charge in [-0.25, -0.2) is 0 Å². The Kier molecular flexibility index (Phi) is 5.86. The molecule has 1 atom stereocenters. The van der Waals surface area contributed by atoms with Gasteiger partial charge in [-0.15, -0.1) is 0 Å². The summed E-state index contributed by atoms with van der Waals surface area (Å²) < 4.78 is 5.84. The number of hydrogen-bond acceptors (Lipinski definition) is 3. The van der Waals surface area contributed by atoms with Crippen LogP contribution < -0.4 is 10.1 Å². The van der Waals surface area contributed by atoms with E-state index in [1.807, 2.05) is 6.07 Å². The minimum absolute atomic E-state index is 0.556. The predicted molar refractivity (Wildman–Crippen MR) is 84.1 cm³/mol. The lowest BCUT2D eigenvalue weighted by atomic mass is 10.0. The molecule has 0 radical (unpaired) electrons. The van der Waals surface area contributed by atoms with Gasteiger partial charge >= 0.3 is 0 Å². The van der Waals surface area contributed by atoms with Crippen LogP contribution in [0.25, 0.3) is 0 Å². The number of ether oxygens (including phenoxy) is 1. The summed E-state index contributed by atoms with van der Waals surface area (Å²) in [6, 6.07) is 8.96. The Bertz CT molecular complexity index is 406. The molecule has 1 aromatic rings. The maximum Gasteiger partial charge on any atom is 0.123 e. The topological polar surface area (TPSA) is 24.5 Å². The van der Waals surface area contributed by atoms with Crippen molar-refractivity contribution in [1.29, 1.82) is 0 Å². The summed E-state index contributed by atoms with van der Waals surface area (Å²) in [7, 11) is 0. The highest BCUT2D eigenvalue weighted by atomic mass is 16.5. The van der Waals surface area contributed by atoms with Gasteiger partial charge in [0, 0.05) is 31.2 Å². The van der Waals surface area contributed by atoms with Gasteiger partial charge in [-0.3, -0.25) is 4.90 Å². The lowest BCUT2D eigenvalue weighted by molar-refractivity contribution is 0.190. The minimum atomic E-state index is 0.556. The monoisotopic (exact) mass is 276 g/mol. The normalized spacial score (nSPS) is 17.4. The number of nitrogens with one attached hydrogen (secondary N) is 1. The van der Waals surface area contributed by atoms with Crippen molar-refractivity contribution in [2.45, 2.75) is 39.8 Å². The highest BCUT2D eigenvalue weighted by molar-refractivity contribution is 5.33. The van der Waals surface area contributed by atoms with Crippen molar-refractivity contribution < 1.29 is 4.74 Å². The maximum absolute atomic E-state index is 5.84. The molecule has 1 N–H and O–H groups in total. The Labute approximate surface area is 123 Å². The first-order valence-electron chi connectivity index (χ1n) is 7.87. The van der Waals surface area contributed by atoms with E-state index >= 15 is 0 Å². The van der Waals surface area contributed by atoms with Crippen LogP contribution in [0.3, 0.4) is 0 Å². The summed E-state index contributed by atoms with van der Waals surface area (Å²) >= 11 is 0. The van der Waals surface area contributed by atoms with Crippen LogP contribution in [0.1, 0.15) is 32.8 Å². The van der Waals surface area contributed by atoms with E-state index in [0.29, 0.717) is 12.0 Å². The number of benzene rings is 1. The summed E-state index contributed by atoms with van der Waals surface area (Å²) in [6.07, 6.45) is 1.19. The van der Waals surface area contributed by atoms with Gasteiger partial charge in [0.15, 0.2) is 0 Å². The van der Waals surface area contributed by atoms with Crippen molar-refractivity contribution in [3.8, 4) is 5.75 Å². The van der Waals surface area contributed by atoms with Crippen molar-refractivity contribution in [2.24, 2.45) is 5.92 Å². The number of hydrogen-bond donors (Lipinski definition) is 1. The van der Waals surface area contributed by atoms with E-state index in [0.717, 1.165) is 38.5 Å². The molecule has 1 aliphatic heterocycles. The molecule has 0 amide bonds. The van der Waals surface area contributed by atoms with Crippen LogP contribution in [0.4, 0.5) is 0 Å². The van der Waals surface area contributed by atoms with Gasteiger partial charge < -0.3 is 10.1 Å². The van der Waals surface area contributed by atoms with Crippen LogP contribution in [0.5, 0.6) is 5.75 Å². The van der Waals surface area contributed by atoms with Crippen molar-refractivity contribution in [2.75, 3.05) is 26.2 Å². The van der Waals surface area contributed by atoms with E-state index < -0.39 is 0 Å². The SMILES string of the molecule is CCCNC(CN1CCOc2ccccc2C1)C(C)C. The van der Waals surface area contributed by atoms with Crippen LogP contribution >= 0.6 is 0 Å². The van der Waals surface area contributed by atoms with E-state index in [1.54, 1.807) is 0 Å². The molecule has 3 heteroatoms. The Morgan fingerprint density at radius 1 is 1.30 bits per heavy atom. The summed E-state index contributed by atoms with van der Waals surface area (Å²) in [5.74, 6) is 1.71. The van der Waals surface area contributed by atoms with Gasteiger partial charge in [-0.1, -0.05) is 39.0 Å². The average molecular weight is 276 g/mol. The first kappa shape index (κ1) is 15.3. The Balaban J connectivity index is 1.98. The molecule has 1 aromatic carbocycles. The second-order valence-corrected chi connectivity index (χ2v) is 6.00. The highest BCUT2D eigenvalue weighted by Gasteiger charge is 2.20. The number of fused-ring (bicyclic) bond motifs is 1. The molecule has 0 bridgehead atoms. The summed E-state index contributed by atoms with van der Waals surface area (Å²) in [5.41, 5.74) is 1.31. The molecule has 1 heterocycles. The summed E-state index contributed by atoms with van der Waals surface area (Å²) in [5, 5.41) is 3.68. The van der Waals surface area contributed by atoms with Crippen molar-refractivity contribution >= 4 is 0 Å². The molecule has 1 unspecified atom stereocenters. The van der Waals surface area contributed by atoms with Gasteiger partial charge in [0.05, 0.1) is 0 Å². The fourth-order valence-electron chi connectivity index (χ4n) is 2.65. The smallest absolute Gasteiger partial charge is 0.123 e. The van der Waals surface area contributed by atoms with Gasteiger partial charge in [0.1, 0.15) is 12.4 Å². The van der Waals surface area contributed by atoms with Gasteiger partial charge in [-0.05, 0) is 24.9 Å². The molecule has 3 nitrogen and oxygen atoms in total. The highest BCUT2D eigenvalue weighted by Crippen LogP contribution is 2.22. The third-order valence-electron chi connectivity index (χ3n) is 3.95. The van der Waals surface area contributed by atoms with Gasteiger partial charge in [0.25, 0.3) is 0 Å². The Morgan fingerprint density at radius 3 is 2.85 bits per heavy atom. The minimum Gasteiger partial charge on any atom is -0.492 e. The van der Waals surface area contributed by atoms with Crippen molar-refractivity contribution in [3.63, 3.8) is 0 Å². The predicted octanol–water partition coefficient (Wildman–Crippen LogP) is 2.91. The second-order valence-electron chi connectivity index (χ2n) is 6.00. The van der Waals surface area contributed by atoms with E-state index in [9.17, 15) is 0 Å². The largest absolute Gasteiger partial charge is 0.492 e. The van der Waals surface area contributed by atoms with Crippen LogP contribution in [-0.4, -0.2) is 37.2 Å². The average Bonchev–Trinajstić information content (AvgIpc) is 2.64. The fourth-order valence-corrected chi connectivity index (χ4v) is 2.65. The maximum atomic E-state index is 5.84. The van der Waals surface area contributed by atoms with E-state index in [2.05, 4.69) is 49.2 Å². The lowest BCUT2D eigenvalue weighted by Crippen LogP contribution is -2.44. The number of nitrogens with zero attached hydrogens (tertiary/aromatic N) is 1. The molecule has 0 aliphatic carbocycles. The number of para-hydroxylation sites is 1. The van der Waals surface area contributed by atoms with Crippen molar-refractivity contribution in [1.82, 2.24) is 10.2 Å². The zero-order chi connectivity index (χ0) is 14.4. The standard InChI is InChI=1S/C17H28N2O/c1-4-9-18-16(14(2)3)13-19-10-11-20-17-8-6-5-7-15(17)12-19/h5-8,14,16,18H,4,9-13H2,1-3H3. The molecule has 20 heavy (non-hydrogen) atoms. The molecule has 0 saturated heterocycles. The third-order valence-corrected chi connectivity index (χ3v) is 3.95. The molecule has 112 valence electrons. The molecular weight excluding hydrogens is 248 g/mol. The summed E-state index contributed by atoms with van der Waals surface area (Å²) in [6.45, 7) is 11.8. The molecule has 2 rings (SSSR count). The Morgan fingerprint density at radius 2 is 2.10 bits per heavy atom. The zero-order valence-corrected chi connectivity index (χ0v) is 13.1. The molecule has 0 saturated carbocycles. The van der Waals surface area contributed by atoms with Crippen LogP contribution in [0.15, 0.2) is 24.3 Å². The number of rotatable bonds is 6. The van der Waals surface area contributed by atoms with E-state index in [1.165, 1.54) is 12.0 Å². The van der Waals surface area contributed by atoms with Crippen LogP contribution in [-0.2, 0) is 6.54 Å². The van der Waals surface area contributed by atoms with Crippen LogP contribution in [0.2, 0.25) is 0 Å². The van der Waals surface area contributed by atoms with Gasteiger partial charge in [0.2, 0.25) is 0 Å². The third kappa shape index (κ3) is 4.22. The summed E-state index contributed by atoms with van der Waals surface area (Å²) in [4.78, 5) is 2.51. The van der Waals surface area contributed by atoms with E-state index in [-0.39, 0.29) is 0 Å². The quantitative estimate of drug-likeness (QED) is 0.864. The lowest BCUT2D eigenvalue weighted by Gasteiger charge is -2.29. The molecule has 0 aromatic heterocycles. The first-order chi connectivity index (χ1) is 9.70. The van der Waals surface area contributed by atoms with E-state index in [4.69, 9.17) is 4.74 Å². The molecule has 1 aliphatic rings. The molecular formula is C17H28N2O. The Hall–Kier alpha value is -1.06. The molecule has 0 spiro atoms. The molecule has 0 fully saturated rings. The second kappa shape index (κ2) is 7.65. The zero-order valence-electron chi connectivity index (χ0n) is 13.1. The van der Waals surface area contributed by atoms with Crippen molar-refractivity contribution in [3.05, 3.63) is 29.8 Å².